The number of thioether (sulfide) groups is 1. The second kappa shape index (κ2) is 8.59. The number of nitrogens with one attached hydrogen (secondary N) is 1. The van der Waals surface area contributed by atoms with Gasteiger partial charge in [-0.3, -0.25) is 9.69 Å². The minimum Gasteiger partial charge on any atom is -0.351 e. The van der Waals surface area contributed by atoms with E-state index in [0.29, 0.717) is 11.8 Å². The lowest BCUT2D eigenvalue weighted by molar-refractivity contribution is -0.125. The smallest absolute Gasteiger partial charge is 0.237 e. The Morgan fingerprint density at radius 2 is 2.39 bits per heavy atom. The van der Waals surface area contributed by atoms with Gasteiger partial charge in [0.1, 0.15) is 0 Å². The van der Waals surface area contributed by atoms with Gasteiger partial charge in [0, 0.05) is 18.3 Å². The van der Waals surface area contributed by atoms with E-state index in [-0.39, 0.29) is 11.9 Å². The number of hydrogen-bond donors (Lipinski definition) is 1. The minimum absolute atomic E-state index is 0.0250. The molecule has 1 saturated heterocycles. The van der Waals surface area contributed by atoms with Crippen LogP contribution in [0.1, 0.15) is 33.1 Å². The van der Waals surface area contributed by atoms with Crippen molar-refractivity contribution >= 4 is 17.7 Å². The third-order valence-corrected chi connectivity index (χ3v) is 4.60. The molecule has 1 N–H and O–H groups in total. The summed E-state index contributed by atoms with van der Waals surface area (Å²) in [6.07, 6.45) is 5.51. The Morgan fingerprint density at radius 3 is 3.06 bits per heavy atom. The van der Waals surface area contributed by atoms with E-state index in [1.807, 2.05) is 18.7 Å². The molecule has 0 aliphatic carbocycles. The van der Waals surface area contributed by atoms with E-state index in [1.54, 1.807) is 6.08 Å². The lowest BCUT2D eigenvalue weighted by Crippen LogP contribution is -2.47. The molecule has 0 unspecified atom stereocenters. The standard InChI is InChI=1S/C14H26N2OS/c1-4-9-15-14(17)12(3)16-10-7-6-8-13(11-16)18-5-2/h4,12-13H,1,5-11H2,2-3H3,(H,15,17)/t12-,13-/m1/s1. The van der Waals surface area contributed by atoms with Gasteiger partial charge in [-0.05, 0) is 32.1 Å². The molecule has 4 heteroatoms. The fourth-order valence-corrected chi connectivity index (χ4v) is 3.44. The highest BCUT2D eigenvalue weighted by molar-refractivity contribution is 7.99. The Labute approximate surface area is 115 Å². The zero-order chi connectivity index (χ0) is 13.4. The average Bonchev–Trinajstić information content (AvgIpc) is 2.61. The fraction of sp³-hybridized carbons (Fsp3) is 0.786. The number of hydrogen-bond acceptors (Lipinski definition) is 3. The quantitative estimate of drug-likeness (QED) is 0.752. The van der Waals surface area contributed by atoms with Gasteiger partial charge in [0.05, 0.1) is 6.04 Å². The maximum Gasteiger partial charge on any atom is 0.237 e. The number of carbonyl (C=O) groups is 1. The number of nitrogens with zero attached hydrogens (tertiary/aromatic N) is 1. The van der Waals surface area contributed by atoms with E-state index >= 15 is 0 Å². The Hall–Kier alpha value is -0.480. The highest BCUT2D eigenvalue weighted by Crippen LogP contribution is 2.23. The highest BCUT2D eigenvalue weighted by Gasteiger charge is 2.25. The Balaban J connectivity index is 2.50. The Kier molecular flexibility index (Phi) is 7.44. The molecule has 0 aromatic rings. The van der Waals surface area contributed by atoms with E-state index in [0.717, 1.165) is 18.8 Å². The molecule has 1 rings (SSSR count). The summed E-state index contributed by atoms with van der Waals surface area (Å²) in [5.41, 5.74) is 0. The molecule has 0 aromatic heterocycles. The van der Waals surface area contributed by atoms with Gasteiger partial charge in [0.15, 0.2) is 0 Å². The molecule has 1 amide bonds. The predicted octanol–water partition coefficient (Wildman–Crippen LogP) is 2.28. The molecule has 3 nitrogen and oxygen atoms in total. The maximum absolute atomic E-state index is 12.0. The van der Waals surface area contributed by atoms with Crippen LogP contribution in [0.15, 0.2) is 12.7 Å². The van der Waals surface area contributed by atoms with Crippen LogP contribution in [0.3, 0.4) is 0 Å². The molecule has 1 heterocycles. The molecular formula is C14H26N2OS. The summed E-state index contributed by atoms with van der Waals surface area (Å²) in [7, 11) is 0. The second-order valence-corrected chi connectivity index (χ2v) is 6.36. The molecule has 104 valence electrons. The van der Waals surface area contributed by atoms with Crippen LogP contribution in [0.4, 0.5) is 0 Å². The molecule has 1 fully saturated rings. The van der Waals surface area contributed by atoms with Crippen molar-refractivity contribution in [1.82, 2.24) is 10.2 Å². The van der Waals surface area contributed by atoms with Gasteiger partial charge in [0.25, 0.3) is 0 Å². The van der Waals surface area contributed by atoms with Crippen molar-refractivity contribution in [2.45, 2.75) is 44.4 Å². The lowest BCUT2D eigenvalue weighted by Gasteiger charge is -2.29. The monoisotopic (exact) mass is 270 g/mol. The Bertz CT molecular complexity index is 271. The summed E-state index contributed by atoms with van der Waals surface area (Å²) in [5, 5.41) is 3.58. The largest absolute Gasteiger partial charge is 0.351 e. The van der Waals surface area contributed by atoms with Crippen molar-refractivity contribution in [2.24, 2.45) is 0 Å². The van der Waals surface area contributed by atoms with E-state index in [9.17, 15) is 4.79 Å². The van der Waals surface area contributed by atoms with Crippen LogP contribution in [0.5, 0.6) is 0 Å². The summed E-state index contributed by atoms with van der Waals surface area (Å²) >= 11 is 2.03. The van der Waals surface area contributed by atoms with Gasteiger partial charge in [-0.2, -0.15) is 11.8 Å². The van der Waals surface area contributed by atoms with Crippen molar-refractivity contribution in [1.29, 1.82) is 0 Å². The van der Waals surface area contributed by atoms with Gasteiger partial charge in [-0.25, -0.2) is 0 Å². The number of carbonyl (C=O) groups excluding carboxylic acids is 1. The summed E-state index contributed by atoms with van der Waals surface area (Å²) in [4.78, 5) is 14.3. The predicted molar refractivity (Wildman–Crippen MR) is 80.0 cm³/mol. The first kappa shape index (κ1) is 15.6. The topological polar surface area (TPSA) is 32.3 Å². The van der Waals surface area contributed by atoms with Gasteiger partial charge < -0.3 is 5.32 Å². The van der Waals surface area contributed by atoms with Crippen LogP contribution in [0, 0.1) is 0 Å². The molecule has 1 aliphatic heterocycles. The maximum atomic E-state index is 12.0. The number of rotatable bonds is 6. The van der Waals surface area contributed by atoms with Crippen molar-refractivity contribution in [3.05, 3.63) is 12.7 Å². The van der Waals surface area contributed by atoms with Crippen LogP contribution in [0.25, 0.3) is 0 Å². The lowest BCUT2D eigenvalue weighted by atomic mass is 10.2. The zero-order valence-corrected chi connectivity index (χ0v) is 12.5. The van der Waals surface area contributed by atoms with Gasteiger partial charge in [0.2, 0.25) is 5.91 Å². The zero-order valence-electron chi connectivity index (χ0n) is 11.7. The normalized spacial score (nSPS) is 23.1. The first-order valence-corrected chi connectivity index (χ1v) is 7.98. The van der Waals surface area contributed by atoms with Crippen LogP contribution in [-0.2, 0) is 4.79 Å². The minimum atomic E-state index is -0.0250. The fourth-order valence-electron chi connectivity index (χ4n) is 2.34. The highest BCUT2D eigenvalue weighted by atomic mass is 32.2. The van der Waals surface area contributed by atoms with Gasteiger partial charge >= 0.3 is 0 Å². The molecule has 0 radical (unpaired) electrons. The van der Waals surface area contributed by atoms with Crippen molar-refractivity contribution in [2.75, 3.05) is 25.4 Å². The molecule has 2 atom stereocenters. The van der Waals surface area contributed by atoms with Gasteiger partial charge in [-0.1, -0.05) is 19.4 Å². The third-order valence-electron chi connectivity index (χ3n) is 3.41. The summed E-state index contributed by atoms with van der Waals surface area (Å²) in [6, 6.07) is -0.0250. The summed E-state index contributed by atoms with van der Waals surface area (Å²) in [6.45, 7) is 10.5. The Morgan fingerprint density at radius 1 is 1.61 bits per heavy atom. The van der Waals surface area contributed by atoms with Crippen molar-refractivity contribution in [3.63, 3.8) is 0 Å². The molecular weight excluding hydrogens is 244 g/mol. The van der Waals surface area contributed by atoms with Gasteiger partial charge in [-0.15, -0.1) is 6.58 Å². The average molecular weight is 270 g/mol. The SMILES string of the molecule is C=CCNC(=O)[C@@H](C)N1CCCC[C@@H](SCC)C1. The molecule has 0 aromatic carbocycles. The summed E-state index contributed by atoms with van der Waals surface area (Å²) in [5.74, 6) is 1.28. The molecule has 1 aliphatic rings. The molecule has 0 bridgehead atoms. The van der Waals surface area contributed by atoms with E-state index < -0.39 is 0 Å². The molecule has 0 spiro atoms. The van der Waals surface area contributed by atoms with Crippen LogP contribution >= 0.6 is 11.8 Å². The first-order chi connectivity index (χ1) is 8.69. The van der Waals surface area contributed by atoms with Crippen molar-refractivity contribution in [3.8, 4) is 0 Å². The van der Waals surface area contributed by atoms with E-state index in [2.05, 4.69) is 23.7 Å². The van der Waals surface area contributed by atoms with Crippen LogP contribution in [-0.4, -0.2) is 47.5 Å². The number of amides is 1. The van der Waals surface area contributed by atoms with E-state index in [1.165, 1.54) is 19.3 Å². The first-order valence-electron chi connectivity index (χ1n) is 6.93. The molecule has 0 saturated carbocycles. The van der Waals surface area contributed by atoms with Crippen LogP contribution in [0.2, 0.25) is 0 Å². The van der Waals surface area contributed by atoms with Crippen molar-refractivity contribution < 1.29 is 4.79 Å². The third kappa shape index (κ3) is 5.02. The number of likely N-dealkylation sites (tertiary alicyclic amines) is 1. The molecule has 18 heavy (non-hydrogen) atoms. The summed E-state index contributed by atoms with van der Waals surface area (Å²) < 4.78 is 0. The van der Waals surface area contributed by atoms with Crippen LogP contribution < -0.4 is 5.32 Å². The second-order valence-electron chi connectivity index (χ2n) is 4.78. The van der Waals surface area contributed by atoms with E-state index in [4.69, 9.17) is 0 Å².